The number of phenolic OH excluding ortho intramolecular Hbond substituents is 1. The van der Waals surface area contributed by atoms with E-state index < -0.39 is 0 Å². The van der Waals surface area contributed by atoms with Gasteiger partial charge in [0.15, 0.2) is 0 Å². The Bertz CT molecular complexity index is 334. The van der Waals surface area contributed by atoms with Crippen LogP contribution in [0.1, 0.15) is 39.2 Å². The molecule has 0 amide bonds. The van der Waals surface area contributed by atoms with Crippen LogP contribution in [0, 0.1) is 5.92 Å². The Balaban J connectivity index is 2.50. The zero-order chi connectivity index (χ0) is 12.8. The van der Waals surface area contributed by atoms with E-state index in [2.05, 4.69) is 26.1 Å². The van der Waals surface area contributed by atoms with Gasteiger partial charge in [-0.25, -0.2) is 0 Å². The third-order valence-electron chi connectivity index (χ3n) is 3.17. The summed E-state index contributed by atoms with van der Waals surface area (Å²) in [6, 6.07) is 5.66. The lowest BCUT2D eigenvalue weighted by molar-refractivity contribution is 0.406. The molecule has 0 heterocycles. The molecule has 2 unspecified atom stereocenters. The second kappa shape index (κ2) is 6.87. The molecule has 0 spiro atoms. The number of nitrogens with one attached hydrogen (secondary N) is 1. The highest BCUT2D eigenvalue weighted by Crippen LogP contribution is 2.25. The molecule has 0 saturated carbocycles. The molecule has 17 heavy (non-hydrogen) atoms. The Kier molecular flexibility index (Phi) is 5.79. The molecule has 1 rings (SSSR count). The first kappa shape index (κ1) is 14.3. The number of phenols is 1. The molecule has 1 aromatic rings. The van der Waals surface area contributed by atoms with Crippen LogP contribution in [0.5, 0.6) is 5.75 Å². The van der Waals surface area contributed by atoms with E-state index in [1.165, 1.54) is 6.42 Å². The molecule has 0 bridgehead atoms. The SMILES string of the molecule is CCC(C)CC(C)NCc1c(O)cccc1Cl. The van der Waals surface area contributed by atoms with Crippen LogP contribution in [-0.2, 0) is 6.54 Å². The van der Waals surface area contributed by atoms with E-state index in [9.17, 15) is 5.11 Å². The summed E-state index contributed by atoms with van der Waals surface area (Å²) in [7, 11) is 0. The molecule has 0 saturated heterocycles. The smallest absolute Gasteiger partial charge is 0.121 e. The van der Waals surface area contributed by atoms with Crippen molar-refractivity contribution in [1.29, 1.82) is 0 Å². The predicted octanol–water partition coefficient (Wildman–Crippen LogP) is 3.96. The van der Waals surface area contributed by atoms with Crippen molar-refractivity contribution >= 4 is 11.6 Å². The Morgan fingerprint density at radius 1 is 1.35 bits per heavy atom. The second-order valence-electron chi connectivity index (χ2n) is 4.77. The fraction of sp³-hybridized carbons (Fsp3) is 0.571. The van der Waals surface area contributed by atoms with Crippen LogP contribution in [0.25, 0.3) is 0 Å². The number of hydrogen-bond donors (Lipinski definition) is 2. The lowest BCUT2D eigenvalue weighted by Crippen LogP contribution is -2.27. The van der Waals surface area contributed by atoms with Crippen molar-refractivity contribution in [3.05, 3.63) is 28.8 Å². The second-order valence-corrected chi connectivity index (χ2v) is 5.18. The van der Waals surface area contributed by atoms with Gasteiger partial charge in [0.05, 0.1) is 0 Å². The van der Waals surface area contributed by atoms with Crippen LogP contribution in [0.15, 0.2) is 18.2 Å². The molecular formula is C14H22ClNO. The van der Waals surface area contributed by atoms with E-state index in [1.54, 1.807) is 18.2 Å². The van der Waals surface area contributed by atoms with Gasteiger partial charge >= 0.3 is 0 Å². The van der Waals surface area contributed by atoms with Crippen molar-refractivity contribution in [3.8, 4) is 5.75 Å². The largest absolute Gasteiger partial charge is 0.508 e. The molecule has 0 radical (unpaired) electrons. The van der Waals surface area contributed by atoms with Gasteiger partial charge < -0.3 is 10.4 Å². The Morgan fingerprint density at radius 2 is 2.06 bits per heavy atom. The van der Waals surface area contributed by atoms with Gasteiger partial charge in [-0.3, -0.25) is 0 Å². The molecule has 0 aliphatic heterocycles. The molecular weight excluding hydrogens is 234 g/mol. The van der Waals surface area contributed by atoms with Crippen molar-refractivity contribution in [2.45, 2.75) is 46.2 Å². The Hall–Kier alpha value is -0.730. The first-order chi connectivity index (χ1) is 8.04. The fourth-order valence-electron chi connectivity index (χ4n) is 1.85. The number of aromatic hydroxyl groups is 1. The summed E-state index contributed by atoms with van der Waals surface area (Å²) in [5, 5.41) is 13.7. The van der Waals surface area contributed by atoms with Gasteiger partial charge in [0.1, 0.15) is 5.75 Å². The highest BCUT2D eigenvalue weighted by atomic mass is 35.5. The number of benzene rings is 1. The van der Waals surface area contributed by atoms with Crippen LogP contribution in [0.2, 0.25) is 5.02 Å². The van der Waals surface area contributed by atoms with Gasteiger partial charge in [0.25, 0.3) is 0 Å². The van der Waals surface area contributed by atoms with Crippen molar-refractivity contribution < 1.29 is 5.11 Å². The third kappa shape index (κ3) is 4.57. The highest BCUT2D eigenvalue weighted by molar-refractivity contribution is 6.31. The van der Waals surface area contributed by atoms with Gasteiger partial charge in [-0.2, -0.15) is 0 Å². The summed E-state index contributed by atoms with van der Waals surface area (Å²) in [5.74, 6) is 0.984. The van der Waals surface area contributed by atoms with E-state index in [4.69, 9.17) is 11.6 Å². The summed E-state index contributed by atoms with van der Waals surface area (Å²) in [6.45, 7) is 7.24. The van der Waals surface area contributed by atoms with Gasteiger partial charge in [0.2, 0.25) is 0 Å². The molecule has 0 fully saturated rings. The summed E-state index contributed by atoms with van der Waals surface area (Å²) in [4.78, 5) is 0. The van der Waals surface area contributed by atoms with Crippen molar-refractivity contribution in [3.63, 3.8) is 0 Å². The standard InChI is InChI=1S/C14H22ClNO/c1-4-10(2)8-11(3)16-9-12-13(15)6-5-7-14(12)17/h5-7,10-11,16-17H,4,8-9H2,1-3H3. The van der Waals surface area contributed by atoms with E-state index in [1.807, 2.05) is 0 Å². The van der Waals surface area contributed by atoms with Crippen LogP contribution < -0.4 is 5.32 Å². The van der Waals surface area contributed by atoms with Gasteiger partial charge in [0, 0.05) is 23.2 Å². The minimum Gasteiger partial charge on any atom is -0.508 e. The predicted molar refractivity (Wildman–Crippen MR) is 73.5 cm³/mol. The van der Waals surface area contributed by atoms with Crippen LogP contribution in [0.3, 0.4) is 0 Å². The fourth-order valence-corrected chi connectivity index (χ4v) is 2.09. The first-order valence-electron chi connectivity index (χ1n) is 6.24. The topological polar surface area (TPSA) is 32.3 Å². The van der Waals surface area contributed by atoms with Crippen LogP contribution in [0.4, 0.5) is 0 Å². The maximum atomic E-state index is 9.71. The van der Waals surface area contributed by atoms with Crippen molar-refractivity contribution in [1.82, 2.24) is 5.32 Å². The zero-order valence-corrected chi connectivity index (χ0v) is 11.6. The molecule has 0 aliphatic rings. The normalized spacial score (nSPS) is 14.6. The van der Waals surface area contributed by atoms with Gasteiger partial charge in [-0.15, -0.1) is 0 Å². The van der Waals surface area contributed by atoms with E-state index in [0.29, 0.717) is 17.6 Å². The summed E-state index contributed by atoms with van der Waals surface area (Å²) in [6.07, 6.45) is 2.34. The number of rotatable bonds is 6. The zero-order valence-electron chi connectivity index (χ0n) is 10.8. The van der Waals surface area contributed by atoms with Crippen LogP contribution >= 0.6 is 11.6 Å². The molecule has 0 aliphatic carbocycles. The van der Waals surface area contributed by atoms with Crippen molar-refractivity contribution in [2.24, 2.45) is 5.92 Å². The Morgan fingerprint density at radius 3 is 2.65 bits per heavy atom. The minimum atomic E-state index is 0.265. The van der Waals surface area contributed by atoms with E-state index in [0.717, 1.165) is 17.9 Å². The first-order valence-corrected chi connectivity index (χ1v) is 6.62. The molecule has 3 heteroatoms. The average molecular weight is 256 g/mol. The summed E-state index contributed by atoms with van der Waals surface area (Å²) in [5.41, 5.74) is 0.783. The molecule has 1 aromatic carbocycles. The minimum absolute atomic E-state index is 0.265. The third-order valence-corrected chi connectivity index (χ3v) is 3.53. The average Bonchev–Trinajstić information content (AvgIpc) is 2.28. The highest BCUT2D eigenvalue weighted by Gasteiger charge is 2.10. The van der Waals surface area contributed by atoms with Gasteiger partial charge in [-0.1, -0.05) is 37.9 Å². The van der Waals surface area contributed by atoms with E-state index in [-0.39, 0.29) is 5.75 Å². The van der Waals surface area contributed by atoms with E-state index >= 15 is 0 Å². The summed E-state index contributed by atoms with van der Waals surface area (Å²) >= 11 is 6.05. The number of hydrogen-bond acceptors (Lipinski definition) is 2. The maximum Gasteiger partial charge on any atom is 0.121 e. The monoisotopic (exact) mass is 255 g/mol. The number of halogens is 1. The van der Waals surface area contributed by atoms with Gasteiger partial charge in [-0.05, 0) is 31.4 Å². The lowest BCUT2D eigenvalue weighted by Gasteiger charge is -2.18. The Labute approximate surface area is 109 Å². The molecule has 2 N–H and O–H groups in total. The molecule has 96 valence electrons. The maximum absolute atomic E-state index is 9.71. The van der Waals surface area contributed by atoms with Crippen LogP contribution in [-0.4, -0.2) is 11.1 Å². The molecule has 2 nitrogen and oxygen atoms in total. The van der Waals surface area contributed by atoms with Crippen molar-refractivity contribution in [2.75, 3.05) is 0 Å². The quantitative estimate of drug-likeness (QED) is 0.807. The molecule has 2 atom stereocenters. The summed E-state index contributed by atoms with van der Waals surface area (Å²) < 4.78 is 0. The lowest BCUT2D eigenvalue weighted by atomic mass is 10.0. The molecule has 0 aromatic heterocycles.